The highest BCUT2D eigenvalue weighted by molar-refractivity contribution is 14.1. The van der Waals surface area contributed by atoms with Gasteiger partial charge in [0, 0.05) is 4.47 Å². The number of aryl methyl sites for hydroxylation is 1. The highest BCUT2D eigenvalue weighted by Gasteiger charge is 2.10. The lowest BCUT2D eigenvalue weighted by Gasteiger charge is -2.03. The van der Waals surface area contributed by atoms with E-state index in [1.54, 1.807) is 4.68 Å². The zero-order valence-electron chi connectivity index (χ0n) is 8.04. The molecule has 3 nitrogen and oxygen atoms in total. The van der Waals surface area contributed by atoms with Crippen molar-refractivity contribution in [3.8, 4) is 5.69 Å². The standard InChI is InChI=1S/C10H9BrIN3/c1-6-9(12)10(13)15(14-6)8-4-2-3-7(11)5-8/h2-5H,13H2,1H3. The number of hydrogen-bond donors (Lipinski definition) is 1. The number of nitrogens with zero attached hydrogens (tertiary/aromatic N) is 2. The molecule has 0 aliphatic rings. The predicted octanol–water partition coefficient (Wildman–Crippen LogP) is 3.13. The molecule has 1 heterocycles. The first kappa shape index (κ1) is 10.9. The van der Waals surface area contributed by atoms with Crippen molar-refractivity contribution in [2.45, 2.75) is 6.92 Å². The van der Waals surface area contributed by atoms with Crippen molar-refractivity contribution in [3.05, 3.63) is 38.0 Å². The minimum atomic E-state index is 0.686. The number of anilines is 1. The van der Waals surface area contributed by atoms with Crippen molar-refractivity contribution in [2.75, 3.05) is 5.73 Å². The summed E-state index contributed by atoms with van der Waals surface area (Å²) >= 11 is 5.63. The number of rotatable bonds is 1. The molecule has 78 valence electrons. The van der Waals surface area contributed by atoms with Crippen LogP contribution in [0.25, 0.3) is 5.69 Å². The zero-order chi connectivity index (χ0) is 11.0. The fourth-order valence-corrected chi connectivity index (χ4v) is 2.05. The molecule has 1 aromatic heterocycles. The molecule has 0 amide bonds. The molecule has 2 aromatic rings. The summed E-state index contributed by atoms with van der Waals surface area (Å²) < 4.78 is 3.78. The van der Waals surface area contributed by atoms with E-state index in [0.717, 1.165) is 19.4 Å². The van der Waals surface area contributed by atoms with E-state index in [2.05, 4.69) is 43.6 Å². The largest absolute Gasteiger partial charge is 0.383 e. The smallest absolute Gasteiger partial charge is 0.140 e. The highest BCUT2D eigenvalue weighted by atomic mass is 127. The molecule has 0 radical (unpaired) electrons. The molecule has 0 atom stereocenters. The number of nitrogens with two attached hydrogens (primary N) is 1. The minimum Gasteiger partial charge on any atom is -0.383 e. The predicted molar refractivity (Wildman–Crippen MR) is 73.1 cm³/mol. The van der Waals surface area contributed by atoms with Crippen molar-refractivity contribution in [1.29, 1.82) is 0 Å². The van der Waals surface area contributed by atoms with Crippen molar-refractivity contribution >= 4 is 44.3 Å². The SMILES string of the molecule is Cc1nn(-c2cccc(Br)c2)c(N)c1I. The molecule has 0 fully saturated rings. The van der Waals surface area contributed by atoms with E-state index >= 15 is 0 Å². The number of hydrogen-bond acceptors (Lipinski definition) is 2. The second kappa shape index (κ2) is 4.13. The fourth-order valence-electron chi connectivity index (χ4n) is 1.33. The van der Waals surface area contributed by atoms with Crippen LogP contribution < -0.4 is 5.73 Å². The Morgan fingerprint density at radius 1 is 1.47 bits per heavy atom. The number of halogens is 2. The first-order valence-corrected chi connectivity index (χ1v) is 6.23. The Labute approximate surface area is 110 Å². The van der Waals surface area contributed by atoms with Gasteiger partial charge in [-0.25, -0.2) is 4.68 Å². The van der Waals surface area contributed by atoms with Crippen LogP contribution in [0.2, 0.25) is 0 Å². The minimum absolute atomic E-state index is 0.686. The van der Waals surface area contributed by atoms with Gasteiger partial charge in [0.05, 0.1) is 15.0 Å². The van der Waals surface area contributed by atoms with E-state index in [-0.39, 0.29) is 0 Å². The van der Waals surface area contributed by atoms with Crippen LogP contribution in [-0.4, -0.2) is 9.78 Å². The molecule has 0 saturated carbocycles. The second-order valence-corrected chi connectivity index (χ2v) is 5.17. The summed E-state index contributed by atoms with van der Waals surface area (Å²) in [5.41, 5.74) is 7.88. The molecule has 2 rings (SSSR count). The molecule has 1 aromatic carbocycles. The van der Waals surface area contributed by atoms with E-state index in [4.69, 9.17) is 5.73 Å². The summed E-state index contributed by atoms with van der Waals surface area (Å²) in [6.07, 6.45) is 0. The van der Waals surface area contributed by atoms with Gasteiger partial charge in [-0.1, -0.05) is 22.0 Å². The molecule has 15 heavy (non-hydrogen) atoms. The second-order valence-electron chi connectivity index (χ2n) is 3.18. The van der Waals surface area contributed by atoms with Crippen molar-refractivity contribution < 1.29 is 0 Å². The van der Waals surface area contributed by atoms with Crippen LogP contribution in [0, 0.1) is 10.5 Å². The Balaban J connectivity index is 2.59. The first-order chi connectivity index (χ1) is 7.09. The number of benzene rings is 1. The number of nitrogen functional groups attached to an aromatic ring is 1. The van der Waals surface area contributed by atoms with Gasteiger partial charge < -0.3 is 5.73 Å². The van der Waals surface area contributed by atoms with Gasteiger partial charge in [-0.15, -0.1) is 0 Å². The third-order valence-corrected chi connectivity index (χ3v) is 3.90. The monoisotopic (exact) mass is 377 g/mol. The molecule has 0 bridgehead atoms. The lowest BCUT2D eigenvalue weighted by atomic mass is 10.3. The lowest BCUT2D eigenvalue weighted by molar-refractivity contribution is 0.871. The van der Waals surface area contributed by atoms with Gasteiger partial charge in [0.2, 0.25) is 0 Å². The molecule has 2 N–H and O–H groups in total. The van der Waals surface area contributed by atoms with Gasteiger partial charge in [0.25, 0.3) is 0 Å². The molecule has 0 saturated heterocycles. The normalized spacial score (nSPS) is 10.6. The maximum Gasteiger partial charge on any atom is 0.140 e. The van der Waals surface area contributed by atoms with Crippen molar-refractivity contribution in [2.24, 2.45) is 0 Å². The molecule has 0 aliphatic carbocycles. The molecule has 0 unspecified atom stereocenters. The van der Waals surface area contributed by atoms with Gasteiger partial charge in [-0.3, -0.25) is 0 Å². The van der Waals surface area contributed by atoms with Crippen LogP contribution in [0.4, 0.5) is 5.82 Å². The maximum absolute atomic E-state index is 5.96. The Morgan fingerprint density at radius 3 is 2.73 bits per heavy atom. The Bertz CT molecular complexity index is 507. The van der Waals surface area contributed by atoms with Crippen LogP contribution in [0.1, 0.15) is 5.69 Å². The summed E-state index contributed by atoms with van der Waals surface area (Å²) in [6.45, 7) is 1.95. The summed E-state index contributed by atoms with van der Waals surface area (Å²) in [5, 5.41) is 4.38. The quantitative estimate of drug-likeness (QED) is 0.776. The van der Waals surface area contributed by atoms with Gasteiger partial charge in [0.1, 0.15) is 5.82 Å². The average molecular weight is 378 g/mol. The molecule has 0 aliphatic heterocycles. The first-order valence-electron chi connectivity index (χ1n) is 4.36. The summed E-state index contributed by atoms with van der Waals surface area (Å²) in [7, 11) is 0. The van der Waals surface area contributed by atoms with Crippen LogP contribution in [0.3, 0.4) is 0 Å². The third kappa shape index (κ3) is 2.03. The third-order valence-electron chi connectivity index (χ3n) is 2.07. The van der Waals surface area contributed by atoms with E-state index in [9.17, 15) is 0 Å². The van der Waals surface area contributed by atoms with E-state index in [1.165, 1.54) is 0 Å². The molecule has 0 spiro atoms. The van der Waals surface area contributed by atoms with Gasteiger partial charge in [0.15, 0.2) is 0 Å². The van der Waals surface area contributed by atoms with Crippen LogP contribution >= 0.6 is 38.5 Å². The van der Waals surface area contributed by atoms with Crippen LogP contribution in [0.15, 0.2) is 28.7 Å². The average Bonchev–Trinajstić information content (AvgIpc) is 2.46. The van der Waals surface area contributed by atoms with Crippen LogP contribution in [0.5, 0.6) is 0 Å². The van der Waals surface area contributed by atoms with Gasteiger partial charge >= 0.3 is 0 Å². The Hall–Kier alpha value is -0.560. The topological polar surface area (TPSA) is 43.8 Å². The Kier molecular flexibility index (Phi) is 3.01. The van der Waals surface area contributed by atoms with Crippen LogP contribution in [-0.2, 0) is 0 Å². The zero-order valence-corrected chi connectivity index (χ0v) is 11.8. The van der Waals surface area contributed by atoms with Gasteiger partial charge in [-0.2, -0.15) is 5.10 Å². The van der Waals surface area contributed by atoms with E-state index in [1.807, 2.05) is 31.2 Å². The number of aromatic nitrogens is 2. The molecular weight excluding hydrogens is 369 g/mol. The van der Waals surface area contributed by atoms with E-state index in [0.29, 0.717) is 5.82 Å². The highest BCUT2D eigenvalue weighted by Crippen LogP contribution is 2.23. The summed E-state index contributed by atoms with van der Waals surface area (Å²) in [5.74, 6) is 0.686. The molecule has 5 heteroatoms. The van der Waals surface area contributed by atoms with Crippen molar-refractivity contribution in [1.82, 2.24) is 9.78 Å². The molecular formula is C10H9BrIN3. The summed E-state index contributed by atoms with van der Waals surface area (Å²) in [4.78, 5) is 0. The maximum atomic E-state index is 5.96. The van der Waals surface area contributed by atoms with E-state index < -0.39 is 0 Å². The summed E-state index contributed by atoms with van der Waals surface area (Å²) in [6, 6.07) is 7.90. The van der Waals surface area contributed by atoms with Gasteiger partial charge in [-0.05, 0) is 47.7 Å². The van der Waals surface area contributed by atoms with Crippen molar-refractivity contribution in [3.63, 3.8) is 0 Å². The Morgan fingerprint density at radius 2 is 2.20 bits per heavy atom. The fraction of sp³-hybridized carbons (Fsp3) is 0.100. The lowest BCUT2D eigenvalue weighted by Crippen LogP contribution is -2.02.